The number of carbonyl (C=O) groups excluding carboxylic acids is 2. The quantitative estimate of drug-likeness (QED) is 0.873. The van der Waals surface area contributed by atoms with Gasteiger partial charge in [-0.2, -0.15) is 0 Å². The Morgan fingerprint density at radius 1 is 1.22 bits per heavy atom. The summed E-state index contributed by atoms with van der Waals surface area (Å²) in [7, 11) is 0. The summed E-state index contributed by atoms with van der Waals surface area (Å²) in [6.07, 6.45) is 0.968. The van der Waals surface area contributed by atoms with Gasteiger partial charge in [0.25, 0.3) is 0 Å². The molecule has 0 saturated heterocycles. The van der Waals surface area contributed by atoms with Crippen LogP contribution < -0.4 is 5.11 Å². The Kier molecular flexibility index (Phi) is 3.63. The zero-order chi connectivity index (χ0) is 16.8. The van der Waals surface area contributed by atoms with Crippen molar-refractivity contribution >= 4 is 11.8 Å². The molecular weight excluding hydrogens is 290 g/mol. The molecule has 0 radical (unpaired) electrons. The van der Waals surface area contributed by atoms with Crippen LogP contribution in [0.5, 0.6) is 0 Å². The number of aromatic nitrogens is 1. The van der Waals surface area contributed by atoms with E-state index in [0.717, 1.165) is 23.5 Å². The maximum atomic E-state index is 12.7. The van der Waals surface area contributed by atoms with Crippen LogP contribution in [-0.2, 0) is 17.6 Å². The van der Waals surface area contributed by atoms with Crippen LogP contribution in [0.4, 0.5) is 0 Å². The van der Waals surface area contributed by atoms with Crippen molar-refractivity contribution in [3.05, 3.63) is 52.8 Å². The molecule has 0 bridgehead atoms. The predicted octanol–water partition coefficient (Wildman–Crippen LogP) is 2.23. The Balaban J connectivity index is 2.29. The Hall–Kier alpha value is -2.36. The van der Waals surface area contributed by atoms with Crippen molar-refractivity contribution in [2.45, 2.75) is 40.0 Å². The average molecular weight is 310 g/mol. The number of hydrogen-bond acceptors (Lipinski definition) is 3. The number of rotatable bonds is 3. The van der Waals surface area contributed by atoms with Crippen molar-refractivity contribution in [3.63, 3.8) is 0 Å². The average Bonchev–Trinajstić information content (AvgIpc) is 2.70. The molecule has 0 spiro atoms. The standard InChI is InChI=1S/C19H21NO3/c1-12-14(9-17(22)23)18-15(10-19(2,3)11-16(18)21)20(12)13-7-5-4-6-8-13/h4-8H,9-11H2,1-3H3,(H,22,23)/p-1. The molecule has 4 nitrogen and oxygen atoms in total. The number of carbonyl (C=O) groups is 2. The van der Waals surface area contributed by atoms with Gasteiger partial charge >= 0.3 is 0 Å². The molecule has 1 aromatic carbocycles. The third-order valence-corrected chi connectivity index (χ3v) is 4.53. The van der Waals surface area contributed by atoms with E-state index in [1.54, 1.807) is 0 Å². The number of aliphatic carboxylic acids is 1. The molecule has 0 amide bonds. The number of ketones is 1. The van der Waals surface area contributed by atoms with Gasteiger partial charge in [-0.3, -0.25) is 4.79 Å². The fourth-order valence-electron chi connectivity index (χ4n) is 3.63. The minimum Gasteiger partial charge on any atom is -0.550 e. The van der Waals surface area contributed by atoms with Gasteiger partial charge in [-0.25, -0.2) is 0 Å². The van der Waals surface area contributed by atoms with Crippen molar-refractivity contribution < 1.29 is 14.7 Å². The molecule has 1 aromatic heterocycles. The second-order valence-corrected chi connectivity index (χ2v) is 7.05. The predicted molar refractivity (Wildman–Crippen MR) is 85.6 cm³/mol. The summed E-state index contributed by atoms with van der Waals surface area (Å²) in [4.78, 5) is 23.8. The van der Waals surface area contributed by atoms with Crippen LogP contribution in [-0.4, -0.2) is 16.3 Å². The second-order valence-electron chi connectivity index (χ2n) is 7.05. The lowest BCUT2D eigenvalue weighted by Crippen LogP contribution is -2.29. The van der Waals surface area contributed by atoms with E-state index in [9.17, 15) is 14.7 Å². The monoisotopic (exact) mass is 310 g/mol. The van der Waals surface area contributed by atoms with Gasteiger partial charge in [0.1, 0.15) is 0 Å². The number of carboxylic acid groups (broad SMARTS) is 1. The molecule has 2 aromatic rings. The van der Waals surface area contributed by atoms with Gasteiger partial charge in [-0.15, -0.1) is 0 Å². The normalized spacial score (nSPS) is 16.2. The molecule has 1 heterocycles. The summed E-state index contributed by atoms with van der Waals surface area (Å²) >= 11 is 0. The molecule has 3 rings (SSSR count). The van der Waals surface area contributed by atoms with Crippen LogP contribution in [0.2, 0.25) is 0 Å². The highest BCUT2D eigenvalue weighted by atomic mass is 16.4. The lowest BCUT2D eigenvalue weighted by molar-refractivity contribution is -0.304. The lowest BCUT2D eigenvalue weighted by atomic mass is 9.75. The number of fused-ring (bicyclic) bond motifs is 1. The third kappa shape index (κ3) is 2.69. The van der Waals surface area contributed by atoms with E-state index in [0.29, 0.717) is 17.5 Å². The summed E-state index contributed by atoms with van der Waals surface area (Å²) < 4.78 is 2.03. The van der Waals surface area contributed by atoms with Gasteiger partial charge in [0.05, 0.1) is 0 Å². The molecule has 4 heteroatoms. The zero-order valence-electron chi connectivity index (χ0n) is 13.7. The molecule has 0 unspecified atom stereocenters. The lowest BCUT2D eigenvalue weighted by Gasteiger charge is -2.30. The van der Waals surface area contributed by atoms with Gasteiger partial charge in [0, 0.05) is 41.4 Å². The molecule has 0 N–H and O–H groups in total. The highest BCUT2D eigenvalue weighted by Gasteiger charge is 2.36. The molecule has 0 fully saturated rings. The van der Waals surface area contributed by atoms with E-state index in [1.165, 1.54) is 0 Å². The maximum Gasteiger partial charge on any atom is 0.165 e. The molecule has 23 heavy (non-hydrogen) atoms. The first-order chi connectivity index (χ1) is 10.8. The molecule has 0 saturated carbocycles. The highest BCUT2D eigenvalue weighted by molar-refractivity contribution is 6.01. The molecule has 0 atom stereocenters. The van der Waals surface area contributed by atoms with E-state index >= 15 is 0 Å². The summed E-state index contributed by atoms with van der Waals surface area (Å²) in [6.45, 7) is 6.03. The van der Waals surface area contributed by atoms with E-state index in [1.807, 2.05) is 41.8 Å². The topological polar surface area (TPSA) is 62.1 Å². The summed E-state index contributed by atoms with van der Waals surface area (Å²) in [5.74, 6) is -1.12. The summed E-state index contributed by atoms with van der Waals surface area (Å²) in [6, 6.07) is 9.76. The van der Waals surface area contributed by atoms with E-state index in [-0.39, 0.29) is 17.6 Å². The Labute approximate surface area is 135 Å². The van der Waals surface area contributed by atoms with Crippen LogP contribution in [0, 0.1) is 12.3 Å². The summed E-state index contributed by atoms with van der Waals surface area (Å²) in [5.41, 5.74) is 3.76. The van der Waals surface area contributed by atoms with Crippen LogP contribution in [0.3, 0.4) is 0 Å². The van der Waals surface area contributed by atoms with E-state index in [4.69, 9.17) is 0 Å². The largest absolute Gasteiger partial charge is 0.550 e. The van der Waals surface area contributed by atoms with Crippen molar-refractivity contribution in [2.75, 3.05) is 0 Å². The fourth-order valence-corrected chi connectivity index (χ4v) is 3.63. The first-order valence-corrected chi connectivity index (χ1v) is 7.82. The maximum absolute atomic E-state index is 12.7. The molecule has 0 aliphatic heterocycles. The Morgan fingerprint density at radius 2 is 1.87 bits per heavy atom. The van der Waals surface area contributed by atoms with Crippen LogP contribution >= 0.6 is 0 Å². The first-order valence-electron chi connectivity index (χ1n) is 7.82. The Bertz CT molecular complexity index is 785. The smallest absolute Gasteiger partial charge is 0.165 e. The van der Waals surface area contributed by atoms with Crippen LogP contribution in [0.1, 0.15) is 47.6 Å². The Morgan fingerprint density at radius 3 is 2.48 bits per heavy atom. The van der Waals surface area contributed by atoms with Crippen molar-refractivity contribution in [1.29, 1.82) is 0 Å². The zero-order valence-corrected chi connectivity index (χ0v) is 13.7. The van der Waals surface area contributed by atoms with Gasteiger partial charge in [0.2, 0.25) is 0 Å². The van der Waals surface area contributed by atoms with Crippen LogP contribution in [0.15, 0.2) is 30.3 Å². The number of Topliss-reactive ketones (excluding diaryl/α,β-unsaturated/α-hetero) is 1. The minimum atomic E-state index is -1.15. The SMILES string of the molecule is Cc1c(CC(=O)[O-])c2c(n1-c1ccccc1)CC(C)(C)CC2=O. The fraction of sp³-hybridized carbons (Fsp3) is 0.368. The van der Waals surface area contributed by atoms with Crippen molar-refractivity contribution in [2.24, 2.45) is 5.41 Å². The number of carboxylic acids is 1. The molecule has 1 aliphatic carbocycles. The molecule has 120 valence electrons. The van der Waals surface area contributed by atoms with Crippen molar-refractivity contribution in [1.82, 2.24) is 4.57 Å². The van der Waals surface area contributed by atoms with Crippen LogP contribution in [0.25, 0.3) is 5.69 Å². The molecular formula is C19H20NO3-. The van der Waals surface area contributed by atoms with E-state index < -0.39 is 5.97 Å². The third-order valence-electron chi connectivity index (χ3n) is 4.53. The van der Waals surface area contributed by atoms with Gasteiger partial charge in [-0.05, 0) is 36.5 Å². The van der Waals surface area contributed by atoms with Gasteiger partial charge in [0.15, 0.2) is 5.78 Å². The minimum absolute atomic E-state index is 0.0327. The van der Waals surface area contributed by atoms with Gasteiger partial charge in [-0.1, -0.05) is 32.0 Å². The summed E-state index contributed by atoms with van der Waals surface area (Å²) in [5, 5.41) is 11.2. The number of para-hydroxylation sites is 1. The van der Waals surface area contributed by atoms with Gasteiger partial charge < -0.3 is 14.5 Å². The number of benzene rings is 1. The molecule has 1 aliphatic rings. The van der Waals surface area contributed by atoms with E-state index in [2.05, 4.69) is 13.8 Å². The highest BCUT2D eigenvalue weighted by Crippen LogP contribution is 2.40. The first kappa shape index (κ1) is 15.5. The number of hydrogen-bond donors (Lipinski definition) is 0. The van der Waals surface area contributed by atoms with Crippen molar-refractivity contribution in [3.8, 4) is 5.69 Å². The number of nitrogens with zero attached hydrogens (tertiary/aromatic N) is 1. The second kappa shape index (κ2) is 5.37.